The predicted octanol–water partition coefficient (Wildman–Crippen LogP) is 3.62. The summed E-state index contributed by atoms with van der Waals surface area (Å²) in [6.07, 6.45) is 2.07. The van der Waals surface area contributed by atoms with E-state index < -0.39 is 5.41 Å². The molecule has 0 unspecified atom stereocenters. The van der Waals surface area contributed by atoms with Crippen LogP contribution in [0.15, 0.2) is 48.5 Å². The molecule has 2 aromatic carbocycles. The number of carbonyl (C=O) groups excluding carboxylic acids is 2. The van der Waals surface area contributed by atoms with Gasteiger partial charge < -0.3 is 15.4 Å². The topological polar surface area (TPSA) is 67.4 Å². The van der Waals surface area contributed by atoms with E-state index in [-0.39, 0.29) is 11.8 Å². The molecular weight excluding hydrogens is 316 g/mol. The third-order valence-corrected chi connectivity index (χ3v) is 4.59. The number of hydrogen-bond acceptors (Lipinski definition) is 3. The van der Waals surface area contributed by atoms with Crippen molar-refractivity contribution >= 4 is 23.2 Å². The number of methoxy groups -OCH3 is 1. The lowest BCUT2D eigenvalue weighted by atomic mass is 10.0. The smallest absolute Gasteiger partial charge is 0.240 e. The maximum Gasteiger partial charge on any atom is 0.240 e. The van der Waals surface area contributed by atoms with Gasteiger partial charge in [0.2, 0.25) is 11.8 Å². The second kappa shape index (κ2) is 6.97. The van der Waals surface area contributed by atoms with Gasteiger partial charge in [0.1, 0.15) is 11.2 Å². The van der Waals surface area contributed by atoms with E-state index in [2.05, 4.69) is 17.6 Å². The summed E-state index contributed by atoms with van der Waals surface area (Å²) in [4.78, 5) is 25.2. The fraction of sp³-hybridized carbons (Fsp3) is 0.300. The van der Waals surface area contributed by atoms with Crippen molar-refractivity contribution < 1.29 is 14.3 Å². The Bertz CT molecular complexity index is 699. The summed E-state index contributed by atoms with van der Waals surface area (Å²) < 4.78 is 5.10. The lowest BCUT2D eigenvalue weighted by Gasteiger charge is -2.16. The molecule has 1 aliphatic carbocycles. The van der Waals surface area contributed by atoms with Gasteiger partial charge in [0.25, 0.3) is 0 Å². The molecule has 2 amide bonds. The Balaban J connectivity index is 1.65. The molecule has 2 N–H and O–H groups in total. The molecule has 130 valence electrons. The van der Waals surface area contributed by atoms with Crippen LogP contribution < -0.4 is 15.4 Å². The van der Waals surface area contributed by atoms with Gasteiger partial charge in [0.05, 0.1) is 7.11 Å². The number of aryl methyl sites for hydroxylation is 1. The summed E-state index contributed by atoms with van der Waals surface area (Å²) in [6, 6.07) is 14.7. The van der Waals surface area contributed by atoms with Gasteiger partial charge in [-0.25, -0.2) is 0 Å². The monoisotopic (exact) mass is 338 g/mol. The van der Waals surface area contributed by atoms with Crippen LogP contribution >= 0.6 is 0 Å². The molecule has 25 heavy (non-hydrogen) atoms. The Labute approximate surface area is 147 Å². The molecule has 5 nitrogen and oxygen atoms in total. The molecule has 0 bridgehead atoms. The van der Waals surface area contributed by atoms with Gasteiger partial charge in [-0.05, 0) is 61.2 Å². The van der Waals surface area contributed by atoms with Crippen molar-refractivity contribution in [3.05, 3.63) is 54.1 Å². The molecule has 3 rings (SSSR count). The Morgan fingerprint density at radius 1 is 0.920 bits per heavy atom. The maximum absolute atomic E-state index is 12.6. The van der Waals surface area contributed by atoms with Crippen molar-refractivity contribution in [2.24, 2.45) is 5.41 Å². The van der Waals surface area contributed by atoms with Crippen LogP contribution in [0.5, 0.6) is 5.75 Å². The molecule has 2 aromatic rings. The van der Waals surface area contributed by atoms with E-state index in [9.17, 15) is 9.59 Å². The first-order chi connectivity index (χ1) is 12.1. The number of nitrogens with one attached hydrogen (secondary N) is 2. The quantitative estimate of drug-likeness (QED) is 0.791. The zero-order chi connectivity index (χ0) is 17.9. The molecule has 5 heteroatoms. The van der Waals surface area contributed by atoms with Crippen LogP contribution in [0, 0.1) is 5.41 Å². The van der Waals surface area contributed by atoms with Crippen LogP contribution in [0.4, 0.5) is 11.4 Å². The van der Waals surface area contributed by atoms with Crippen molar-refractivity contribution in [2.45, 2.75) is 26.2 Å². The van der Waals surface area contributed by atoms with Crippen molar-refractivity contribution in [1.82, 2.24) is 0 Å². The number of benzene rings is 2. The number of anilines is 2. The molecule has 0 aromatic heterocycles. The van der Waals surface area contributed by atoms with Gasteiger partial charge >= 0.3 is 0 Å². The van der Waals surface area contributed by atoms with Gasteiger partial charge in [0.15, 0.2) is 0 Å². The van der Waals surface area contributed by atoms with E-state index >= 15 is 0 Å². The summed E-state index contributed by atoms with van der Waals surface area (Å²) >= 11 is 0. The summed E-state index contributed by atoms with van der Waals surface area (Å²) in [5.74, 6) is 0.204. The van der Waals surface area contributed by atoms with Crippen molar-refractivity contribution in [1.29, 1.82) is 0 Å². The van der Waals surface area contributed by atoms with E-state index in [0.29, 0.717) is 30.0 Å². The zero-order valence-electron chi connectivity index (χ0n) is 14.5. The average Bonchev–Trinajstić information content (AvgIpc) is 3.45. The van der Waals surface area contributed by atoms with Gasteiger partial charge in [-0.2, -0.15) is 0 Å². The Morgan fingerprint density at radius 2 is 1.40 bits per heavy atom. The third kappa shape index (κ3) is 3.65. The van der Waals surface area contributed by atoms with Crippen LogP contribution in [0.1, 0.15) is 25.3 Å². The molecule has 0 heterocycles. The largest absolute Gasteiger partial charge is 0.497 e. The fourth-order valence-electron chi connectivity index (χ4n) is 2.68. The first-order valence-corrected chi connectivity index (χ1v) is 8.43. The molecule has 0 radical (unpaired) electrons. The summed E-state index contributed by atoms with van der Waals surface area (Å²) in [5.41, 5.74) is 1.60. The zero-order valence-corrected chi connectivity index (χ0v) is 14.5. The SMILES string of the molecule is CCc1ccc(NC(=O)C2(C(=O)Nc3ccc(OC)cc3)CC2)cc1. The molecule has 1 saturated carbocycles. The summed E-state index contributed by atoms with van der Waals surface area (Å²) in [6.45, 7) is 2.08. The number of carbonyl (C=O) groups is 2. The standard InChI is InChI=1S/C20H22N2O3/c1-3-14-4-6-15(7-5-14)21-18(23)20(12-13-20)19(24)22-16-8-10-17(25-2)11-9-16/h4-11H,3,12-13H2,1-2H3,(H,21,23)(H,22,24). The first kappa shape index (κ1) is 17.0. The molecular formula is C20H22N2O3. The van der Waals surface area contributed by atoms with E-state index in [0.717, 1.165) is 6.42 Å². The Morgan fingerprint density at radius 3 is 1.80 bits per heavy atom. The lowest BCUT2D eigenvalue weighted by molar-refractivity contribution is -0.131. The third-order valence-electron chi connectivity index (χ3n) is 4.59. The minimum atomic E-state index is -0.969. The van der Waals surface area contributed by atoms with Crippen LogP contribution in [0.25, 0.3) is 0 Å². The number of amides is 2. The van der Waals surface area contributed by atoms with Crippen LogP contribution in [-0.2, 0) is 16.0 Å². The van der Waals surface area contributed by atoms with Gasteiger partial charge in [0, 0.05) is 11.4 Å². The van der Waals surface area contributed by atoms with E-state index in [4.69, 9.17) is 4.74 Å². The van der Waals surface area contributed by atoms with Crippen LogP contribution in [0.2, 0.25) is 0 Å². The van der Waals surface area contributed by atoms with Gasteiger partial charge in [-0.3, -0.25) is 9.59 Å². The lowest BCUT2D eigenvalue weighted by Crippen LogP contribution is -2.35. The highest BCUT2D eigenvalue weighted by molar-refractivity contribution is 6.16. The highest BCUT2D eigenvalue weighted by Gasteiger charge is 2.56. The number of hydrogen-bond donors (Lipinski definition) is 2. The minimum absolute atomic E-state index is 0.247. The van der Waals surface area contributed by atoms with Crippen LogP contribution in [0.3, 0.4) is 0 Å². The number of rotatable bonds is 6. The first-order valence-electron chi connectivity index (χ1n) is 8.43. The Kier molecular flexibility index (Phi) is 4.74. The molecule has 0 spiro atoms. The van der Waals surface area contributed by atoms with Crippen molar-refractivity contribution in [2.75, 3.05) is 17.7 Å². The highest BCUT2D eigenvalue weighted by Crippen LogP contribution is 2.47. The van der Waals surface area contributed by atoms with Crippen molar-refractivity contribution in [3.63, 3.8) is 0 Å². The van der Waals surface area contributed by atoms with E-state index in [1.807, 2.05) is 24.3 Å². The highest BCUT2D eigenvalue weighted by atomic mass is 16.5. The molecule has 0 saturated heterocycles. The Hall–Kier alpha value is -2.82. The van der Waals surface area contributed by atoms with E-state index in [1.54, 1.807) is 31.4 Å². The number of ether oxygens (including phenoxy) is 1. The predicted molar refractivity (Wildman–Crippen MR) is 97.7 cm³/mol. The van der Waals surface area contributed by atoms with E-state index in [1.165, 1.54) is 5.56 Å². The molecule has 1 fully saturated rings. The molecule has 0 atom stereocenters. The summed E-state index contributed by atoms with van der Waals surface area (Å²) in [7, 11) is 1.59. The normalized spacial score (nSPS) is 14.5. The summed E-state index contributed by atoms with van der Waals surface area (Å²) in [5, 5.41) is 5.69. The van der Waals surface area contributed by atoms with Crippen molar-refractivity contribution in [3.8, 4) is 5.75 Å². The molecule has 0 aliphatic heterocycles. The minimum Gasteiger partial charge on any atom is -0.497 e. The fourth-order valence-corrected chi connectivity index (χ4v) is 2.68. The van der Waals surface area contributed by atoms with Crippen LogP contribution in [-0.4, -0.2) is 18.9 Å². The van der Waals surface area contributed by atoms with Gasteiger partial charge in [-0.15, -0.1) is 0 Å². The van der Waals surface area contributed by atoms with Gasteiger partial charge in [-0.1, -0.05) is 19.1 Å². The second-order valence-corrected chi connectivity index (χ2v) is 6.27. The second-order valence-electron chi connectivity index (χ2n) is 6.27. The molecule has 1 aliphatic rings. The average molecular weight is 338 g/mol. The maximum atomic E-state index is 12.6.